The van der Waals surface area contributed by atoms with Gasteiger partial charge in [-0.1, -0.05) is 61.9 Å². The van der Waals surface area contributed by atoms with E-state index in [1.807, 2.05) is 36.5 Å². The molecule has 1 unspecified atom stereocenters. The first-order chi connectivity index (χ1) is 11.8. The number of hydrogen-bond donors (Lipinski definition) is 2. The predicted octanol–water partition coefficient (Wildman–Crippen LogP) is 4.61. The molecule has 3 aromatic rings. The van der Waals surface area contributed by atoms with E-state index in [1.54, 1.807) is 0 Å². The summed E-state index contributed by atoms with van der Waals surface area (Å²) in [7, 11) is 0. The number of unbranched alkanes of at least 4 members (excludes halogenated alkanes) is 1. The molecule has 0 aliphatic rings. The van der Waals surface area contributed by atoms with Gasteiger partial charge in [0.2, 0.25) is 5.91 Å². The van der Waals surface area contributed by atoms with Gasteiger partial charge in [-0.15, -0.1) is 0 Å². The van der Waals surface area contributed by atoms with Gasteiger partial charge in [0, 0.05) is 36.0 Å². The standard InChI is InChI=1S/C21H24N2O/c1-2-3-13-22-21(24)14-18(16-9-5-4-6-10-16)19-15-23-20-12-8-7-11-17(19)20/h4-12,15,18,23H,2-3,13-14H2,1H3,(H,22,24). The second kappa shape index (κ2) is 7.82. The zero-order valence-corrected chi connectivity index (χ0v) is 14.1. The van der Waals surface area contributed by atoms with Gasteiger partial charge in [0.05, 0.1) is 0 Å². The van der Waals surface area contributed by atoms with E-state index < -0.39 is 0 Å². The lowest BCUT2D eigenvalue weighted by Gasteiger charge is -2.17. The average Bonchev–Trinajstić information content (AvgIpc) is 3.04. The molecule has 3 rings (SSSR count). The van der Waals surface area contributed by atoms with Crippen molar-refractivity contribution in [3.05, 3.63) is 71.9 Å². The van der Waals surface area contributed by atoms with Crippen LogP contribution in [0.4, 0.5) is 0 Å². The van der Waals surface area contributed by atoms with Crippen LogP contribution >= 0.6 is 0 Å². The molecular weight excluding hydrogens is 296 g/mol. The Morgan fingerprint density at radius 2 is 1.83 bits per heavy atom. The summed E-state index contributed by atoms with van der Waals surface area (Å²) >= 11 is 0. The third kappa shape index (κ3) is 3.67. The first-order valence-electron chi connectivity index (χ1n) is 8.67. The topological polar surface area (TPSA) is 44.9 Å². The lowest BCUT2D eigenvalue weighted by molar-refractivity contribution is -0.121. The van der Waals surface area contributed by atoms with Gasteiger partial charge in [0.15, 0.2) is 0 Å². The molecule has 0 radical (unpaired) electrons. The van der Waals surface area contributed by atoms with Gasteiger partial charge < -0.3 is 10.3 Å². The summed E-state index contributed by atoms with van der Waals surface area (Å²) in [5.41, 5.74) is 3.47. The molecule has 0 bridgehead atoms. The van der Waals surface area contributed by atoms with Crippen molar-refractivity contribution in [2.75, 3.05) is 6.54 Å². The fourth-order valence-electron chi connectivity index (χ4n) is 3.14. The summed E-state index contributed by atoms with van der Waals surface area (Å²) in [5.74, 6) is 0.173. The number of benzene rings is 2. The van der Waals surface area contributed by atoms with Crippen LogP contribution in [0.15, 0.2) is 60.8 Å². The number of fused-ring (bicyclic) bond motifs is 1. The Morgan fingerprint density at radius 3 is 2.62 bits per heavy atom. The van der Waals surface area contributed by atoms with Gasteiger partial charge in [0.1, 0.15) is 0 Å². The Balaban J connectivity index is 1.90. The van der Waals surface area contributed by atoms with Crippen molar-refractivity contribution in [1.29, 1.82) is 0 Å². The molecule has 1 heterocycles. The molecule has 2 N–H and O–H groups in total. The number of nitrogens with one attached hydrogen (secondary N) is 2. The third-order valence-corrected chi connectivity index (χ3v) is 4.44. The number of H-pyrrole nitrogens is 1. The SMILES string of the molecule is CCCCNC(=O)CC(c1ccccc1)c1c[nH]c2ccccc12. The van der Waals surface area contributed by atoms with Crippen molar-refractivity contribution in [3.8, 4) is 0 Å². The van der Waals surface area contributed by atoms with Gasteiger partial charge in [-0.05, 0) is 23.6 Å². The van der Waals surface area contributed by atoms with Gasteiger partial charge in [-0.2, -0.15) is 0 Å². The lowest BCUT2D eigenvalue weighted by Crippen LogP contribution is -2.26. The number of carbonyl (C=O) groups is 1. The second-order valence-corrected chi connectivity index (χ2v) is 6.16. The van der Waals surface area contributed by atoms with Crippen LogP contribution in [0.25, 0.3) is 10.9 Å². The van der Waals surface area contributed by atoms with E-state index in [9.17, 15) is 4.79 Å². The van der Waals surface area contributed by atoms with Crippen LogP contribution in [-0.2, 0) is 4.79 Å². The normalized spacial score (nSPS) is 12.2. The summed E-state index contributed by atoms with van der Waals surface area (Å²) in [6.45, 7) is 2.88. The van der Waals surface area contributed by atoms with E-state index >= 15 is 0 Å². The van der Waals surface area contributed by atoms with Crippen LogP contribution in [0.3, 0.4) is 0 Å². The van der Waals surface area contributed by atoms with Crippen molar-refractivity contribution in [2.24, 2.45) is 0 Å². The first kappa shape index (κ1) is 16.3. The van der Waals surface area contributed by atoms with Crippen molar-refractivity contribution < 1.29 is 4.79 Å². The minimum atomic E-state index is 0.0592. The second-order valence-electron chi connectivity index (χ2n) is 6.16. The van der Waals surface area contributed by atoms with Crippen LogP contribution in [0.2, 0.25) is 0 Å². The molecule has 3 nitrogen and oxygen atoms in total. The maximum atomic E-state index is 12.4. The fraction of sp³-hybridized carbons (Fsp3) is 0.286. The molecule has 0 aliphatic carbocycles. The molecule has 1 atom stereocenters. The zero-order chi connectivity index (χ0) is 16.8. The number of aromatic nitrogens is 1. The zero-order valence-electron chi connectivity index (χ0n) is 14.1. The van der Waals surface area contributed by atoms with E-state index in [-0.39, 0.29) is 11.8 Å². The highest BCUT2D eigenvalue weighted by atomic mass is 16.1. The van der Waals surface area contributed by atoms with E-state index in [2.05, 4.69) is 41.5 Å². The third-order valence-electron chi connectivity index (χ3n) is 4.44. The minimum Gasteiger partial charge on any atom is -0.361 e. The van der Waals surface area contributed by atoms with Crippen LogP contribution in [0.1, 0.15) is 43.2 Å². The maximum absolute atomic E-state index is 12.4. The van der Waals surface area contributed by atoms with Crippen molar-refractivity contribution in [3.63, 3.8) is 0 Å². The van der Waals surface area contributed by atoms with Gasteiger partial charge >= 0.3 is 0 Å². The number of rotatable bonds is 7. The summed E-state index contributed by atoms with van der Waals surface area (Å²) in [6, 6.07) is 18.5. The van der Waals surface area contributed by atoms with Gasteiger partial charge in [-0.3, -0.25) is 4.79 Å². The Kier molecular flexibility index (Phi) is 5.32. The lowest BCUT2D eigenvalue weighted by atomic mass is 9.88. The van der Waals surface area contributed by atoms with Crippen molar-refractivity contribution in [1.82, 2.24) is 10.3 Å². The molecule has 3 heteroatoms. The Bertz CT molecular complexity index is 792. The fourth-order valence-corrected chi connectivity index (χ4v) is 3.14. The van der Waals surface area contributed by atoms with Gasteiger partial charge in [0.25, 0.3) is 0 Å². The number of para-hydroxylation sites is 1. The Hall–Kier alpha value is -2.55. The molecule has 1 aromatic heterocycles. The Labute approximate surface area is 143 Å². The van der Waals surface area contributed by atoms with E-state index in [0.717, 1.165) is 24.9 Å². The molecule has 0 spiro atoms. The Morgan fingerprint density at radius 1 is 1.08 bits per heavy atom. The first-order valence-corrected chi connectivity index (χ1v) is 8.67. The van der Waals surface area contributed by atoms with Gasteiger partial charge in [-0.25, -0.2) is 0 Å². The number of carbonyl (C=O) groups excluding carboxylic acids is 1. The molecule has 24 heavy (non-hydrogen) atoms. The smallest absolute Gasteiger partial charge is 0.220 e. The molecule has 124 valence electrons. The highest BCUT2D eigenvalue weighted by molar-refractivity contribution is 5.86. The summed E-state index contributed by atoms with van der Waals surface area (Å²) in [4.78, 5) is 15.7. The molecular formula is C21H24N2O. The number of amides is 1. The van der Waals surface area contributed by atoms with Crippen molar-refractivity contribution in [2.45, 2.75) is 32.1 Å². The summed E-state index contributed by atoms with van der Waals surface area (Å²) in [6.07, 6.45) is 4.62. The molecule has 2 aromatic carbocycles. The van der Waals surface area contributed by atoms with Crippen LogP contribution < -0.4 is 5.32 Å². The molecule has 1 amide bonds. The molecule has 0 aliphatic heterocycles. The highest BCUT2D eigenvalue weighted by Crippen LogP contribution is 2.33. The monoisotopic (exact) mass is 320 g/mol. The van der Waals surface area contributed by atoms with Crippen LogP contribution in [0, 0.1) is 0 Å². The van der Waals surface area contributed by atoms with E-state index in [0.29, 0.717) is 6.42 Å². The predicted molar refractivity (Wildman–Crippen MR) is 99.1 cm³/mol. The number of aromatic amines is 1. The summed E-state index contributed by atoms with van der Waals surface area (Å²) < 4.78 is 0. The quantitative estimate of drug-likeness (QED) is 0.614. The largest absolute Gasteiger partial charge is 0.361 e. The minimum absolute atomic E-state index is 0.0592. The number of hydrogen-bond acceptors (Lipinski definition) is 1. The summed E-state index contributed by atoms with van der Waals surface area (Å²) in [5, 5.41) is 4.23. The van der Waals surface area contributed by atoms with E-state index in [4.69, 9.17) is 0 Å². The van der Waals surface area contributed by atoms with E-state index in [1.165, 1.54) is 16.5 Å². The maximum Gasteiger partial charge on any atom is 0.220 e. The highest BCUT2D eigenvalue weighted by Gasteiger charge is 2.21. The van der Waals surface area contributed by atoms with Crippen LogP contribution in [0.5, 0.6) is 0 Å². The van der Waals surface area contributed by atoms with Crippen LogP contribution in [-0.4, -0.2) is 17.4 Å². The molecule has 0 saturated heterocycles. The van der Waals surface area contributed by atoms with Crippen molar-refractivity contribution >= 4 is 16.8 Å². The average molecular weight is 320 g/mol. The molecule has 0 saturated carbocycles. The molecule has 0 fully saturated rings.